The van der Waals surface area contributed by atoms with Crippen LogP contribution in [0.2, 0.25) is 0 Å². The number of piperazine rings is 1. The molecule has 3 unspecified atom stereocenters. The van der Waals surface area contributed by atoms with Gasteiger partial charge in [-0.2, -0.15) is 0 Å². The Balaban J connectivity index is 1.87. The molecule has 118 valence electrons. The molecule has 0 aliphatic carbocycles. The van der Waals surface area contributed by atoms with Crippen LogP contribution in [-0.4, -0.2) is 60.6 Å². The zero-order valence-electron chi connectivity index (χ0n) is 14.1. The van der Waals surface area contributed by atoms with E-state index in [2.05, 4.69) is 42.8 Å². The van der Waals surface area contributed by atoms with Gasteiger partial charge in [-0.15, -0.1) is 0 Å². The van der Waals surface area contributed by atoms with Crippen molar-refractivity contribution in [2.45, 2.75) is 71.5 Å². The van der Waals surface area contributed by atoms with E-state index in [0.717, 1.165) is 12.0 Å². The molecule has 0 aromatic heterocycles. The monoisotopic (exact) mass is 281 g/mol. The van der Waals surface area contributed by atoms with Crippen LogP contribution in [0.3, 0.4) is 0 Å². The van der Waals surface area contributed by atoms with Gasteiger partial charge in [0, 0.05) is 31.2 Å². The fourth-order valence-corrected chi connectivity index (χ4v) is 3.88. The van der Waals surface area contributed by atoms with E-state index in [1.807, 2.05) is 0 Å². The van der Waals surface area contributed by atoms with Crippen molar-refractivity contribution in [3.05, 3.63) is 0 Å². The van der Waals surface area contributed by atoms with Gasteiger partial charge in [-0.05, 0) is 51.7 Å². The van der Waals surface area contributed by atoms with Crippen molar-refractivity contribution in [1.29, 1.82) is 0 Å². The Labute approximate surface area is 126 Å². The molecule has 3 heteroatoms. The van der Waals surface area contributed by atoms with Crippen molar-refractivity contribution >= 4 is 0 Å². The second-order valence-corrected chi connectivity index (χ2v) is 7.02. The molecule has 0 radical (unpaired) electrons. The maximum absolute atomic E-state index is 3.77. The van der Waals surface area contributed by atoms with Gasteiger partial charge in [0.25, 0.3) is 0 Å². The minimum absolute atomic E-state index is 0.699. The Morgan fingerprint density at radius 1 is 1.20 bits per heavy atom. The molecular weight excluding hydrogens is 246 g/mol. The largest absolute Gasteiger partial charge is 0.311 e. The van der Waals surface area contributed by atoms with Gasteiger partial charge < -0.3 is 10.2 Å². The van der Waals surface area contributed by atoms with Crippen molar-refractivity contribution in [2.24, 2.45) is 5.92 Å². The maximum atomic E-state index is 3.77. The Kier molecular flexibility index (Phi) is 6.31. The molecule has 0 amide bonds. The first-order valence-corrected chi connectivity index (χ1v) is 8.87. The maximum Gasteiger partial charge on any atom is 0.0221 e. The SMILES string of the molecule is CCCN1CCC(N2CC(C(C)CC)NCC2C)CC1. The van der Waals surface area contributed by atoms with Crippen LogP contribution < -0.4 is 5.32 Å². The highest BCUT2D eigenvalue weighted by Gasteiger charge is 2.33. The van der Waals surface area contributed by atoms with Gasteiger partial charge in [0.15, 0.2) is 0 Å². The molecule has 0 spiro atoms. The highest BCUT2D eigenvalue weighted by atomic mass is 15.3. The number of likely N-dealkylation sites (tertiary alicyclic amines) is 1. The first kappa shape index (κ1) is 16.3. The van der Waals surface area contributed by atoms with Crippen LogP contribution in [0.5, 0.6) is 0 Å². The average molecular weight is 281 g/mol. The molecule has 0 saturated carbocycles. The normalized spacial score (nSPS) is 32.4. The second kappa shape index (κ2) is 7.77. The topological polar surface area (TPSA) is 18.5 Å². The molecule has 2 aliphatic rings. The van der Waals surface area contributed by atoms with Crippen molar-refractivity contribution in [1.82, 2.24) is 15.1 Å². The Bertz CT molecular complexity index is 273. The molecule has 2 aliphatic heterocycles. The second-order valence-electron chi connectivity index (χ2n) is 7.02. The van der Waals surface area contributed by atoms with Gasteiger partial charge in [0.1, 0.15) is 0 Å². The van der Waals surface area contributed by atoms with Crippen LogP contribution in [0, 0.1) is 5.92 Å². The van der Waals surface area contributed by atoms with E-state index in [1.165, 1.54) is 58.4 Å². The molecule has 20 heavy (non-hydrogen) atoms. The Morgan fingerprint density at radius 2 is 1.90 bits per heavy atom. The molecule has 2 saturated heterocycles. The molecular formula is C17H35N3. The lowest BCUT2D eigenvalue weighted by molar-refractivity contribution is 0.0393. The van der Waals surface area contributed by atoms with Gasteiger partial charge in [-0.25, -0.2) is 0 Å². The Morgan fingerprint density at radius 3 is 2.50 bits per heavy atom. The van der Waals surface area contributed by atoms with Crippen LogP contribution in [0.15, 0.2) is 0 Å². The number of nitrogens with zero attached hydrogens (tertiary/aromatic N) is 2. The predicted molar refractivity (Wildman–Crippen MR) is 87.2 cm³/mol. The summed E-state index contributed by atoms with van der Waals surface area (Å²) < 4.78 is 0. The van der Waals surface area contributed by atoms with Crippen LogP contribution in [0.4, 0.5) is 0 Å². The van der Waals surface area contributed by atoms with E-state index in [-0.39, 0.29) is 0 Å². The molecule has 3 nitrogen and oxygen atoms in total. The summed E-state index contributed by atoms with van der Waals surface area (Å²) in [7, 11) is 0. The molecule has 0 bridgehead atoms. The van der Waals surface area contributed by atoms with E-state index in [9.17, 15) is 0 Å². The quantitative estimate of drug-likeness (QED) is 0.835. The molecule has 1 N–H and O–H groups in total. The summed E-state index contributed by atoms with van der Waals surface area (Å²) in [5.41, 5.74) is 0. The van der Waals surface area contributed by atoms with Gasteiger partial charge >= 0.3 is 0 Å². The minimum atomic E-state index is 0.699. The van der Waals surface area contributed by atoms with Gasteiger partial charge in [-0.3, -0.25) is 4.90 Å². The van der Waals surface area contributed by atoms with Crippen LogP contribution >= 0.6 is 0 Å². The van der Waals surface area contributed by atoms with E-state index in [4.69, 9.17) is 0 Å². The number of hydrogen-bond acceptors (Lipinski definition) is 3. The Hall–Kier alpha value is -0.120. The molecule has 3 atom stereocenters. The van der Waals surface area contributed by atoms with E-state index in [0.29, 0.717) is 12.1 Å². The number of piperidine rings is 1. The number of rotatable bonds is 5. The first-order valence-electron chi connectivity index (χ1n) is 8.87. The third-order valence-electron chi connectivity index (χ3n) is 5.55. The molecule has 0 aromatic carbocycles. The van der Waals surface area contributed by atoms with Crippen molar-refractivity contribution in [3.63, 3.8) is 0 Å². The van der Waals surface area contributed by atoms with Gasteiger partial charge in [0.05, 0.1) is 0 Å². The smallest absolute Gasteiger partial charge is 0.0221 e. The highest BCUT2D eigenvalue weighted by Crippen LogP contribution is 2.23. The van der Waals surface area contributed by atoms with Crippen molar-refractivity contribution in [3.8, 4) is 0 Å². The van der Waals surface area contributed by atoms with E-state index in [1.54, 1.807) is 0 Å². The fraction of sp³-hybridized carbons (Fsp3) is 1.00. The van der Waals surface area contributed by atoms with Crippen LogP contribution in [0.25, 0.3) is 0 Å². The summed E-state index contributed by atoms with van der Waals surface area (Å²) >= 11 is 0. The average Bonchev–Trinajstić information content (AvgIpc) is 2.48. The lowest BCUT2D eigenvalue weighted by atomic mass is 9.92. The first-order chi connectivity index (χ1) is 9.65. The summed E-state index contributed by atoms with van der Waals surface area (Å²) in [4.78, 5) is 5.46. The summed E-state index contributed by atoms with van der Waals surface area (Å²) in [6, 6.07) is 2.23. The zero-order chi connectivity index (χ0) is 14.5. The summed E-state index contributed by atoms with van der Waals surface area (Å²) in [6.07, 6.45) is 5.33. The van der Waals surface area contributed by atoms with Crippen molar-refractivity contribution in [2.75, 3.05) is 32.7 Å². The number of hydrogen-bond donors (Lipinski definition) is 1. The predicted octanol–water partition coefficient (Wildman–Crippen LogP) is 2.57. The lowest BCUT2D eigenvalue weighted by Crippen LogP contribution is -2.61. The van der Waals surface area contributed by atoms with Crippen LogP contribution in [-0.2, 0) is 0 Å². The number of nitrogens with one attached hydrogen (secondary N) is 1. The van der Waals surface area contributed by atoms with Crippen LogP contribution in [0.1, 0.15) is 53.4 Å². The minimum Gasteiger partial charge on any atom is -0.311 e. The molecule has 2 fully saturated rings. The third-order valence-corrected chi connectivity index (χ3v) is 5.55. The molecule has 2 rings (SSSR count). The zero-order valence-corrected chi connectivity index (χ0v) is 14.1. The molecule has 2 heterocycles. The summed E-state index contributed by atoms with van der Waals surface area (Å²) in [6.45, 7) is 15.7. The lowest BCUT2D eigenvalue weighted by Gasteiger charge is -2.47. The summed E-state index contributed by atoms with van der Waals surface area (Å²) in [5.74, 6) is 0.796. The van der Waals surface area contributed by atoms with E-state index >= 15 is 0 Å². The summed E-state index contributed by atoms with van der Waals surface area (Å²) in [5, 5.41) is 3.77. The third kappa shape index (κ3) is 3.96. The van der Waals surface area contributed by atoms with E-state index < -0.39 is 0 Å². The van der Waals surface area contributed by atoms with Gasteiger partial charge in [-0.1, -0.05) is 27.2 Å². The van der Waals surface area contributed by atoms with Gasteiger partial charge in [0.2, 0.25) is 0 Å². The fourth-order valence-electron chi connectivity index (χ4n) is 3.88. The molecule has 0 aromatic rings. The highest BCUT2D eigenvalue weighted by molar-refractivity contribution is 4.91. The standard InChI is InChI=1S/C17H35N3/c1-5-9-19-10-7-16(8-11-19)20-13-17(14(3)6-2)18-12-15(20)4/h14-18H,5-13H2,1-4H3. The van der Waals surface area contributed by atoms with Crippen molar-refractivity contribution < 1.29 is 0 Å².